The highest BCUT2D eigenvalue weighted by Crippen LogP contribution is 2.42. The predicted molar refractivity (Wildman–Crippen MR) is 75.7 cm³/mol. The summed E-state index contributed by atoms with van der Waals surface area (Å²) in [6, 6.07) is 0.114. The fourth-order valence-corrected chi connectivity index (χ4v) is 4.65. The first-order valence-corrected chi connectivity index (χ1v) is 8.83. The highest BCUT2D eigenvalue weighted by Gasteiger charge is 2.45. The van der Waals surface area contributed by atoms with Crippen LogP contribution in [0.2, 0.25) is 0 Å². The Labute approximate surface area is 120 Å². The highest BCUT2D eigenvalue weighted by atomic mass is 32.2. The summed E-state index contributed by atoms with van der Waals surface area (Å²) in [7, 11) is -3.43. The van der Waals surface area contributed by atoms with Crippen LogP contribution in [0.5, 0.6) is 0 Å². The predicted octanol–water partition coefficient (Wildman–Crippen LogP) is 0.569. The third-order valence-corrected chi connectivity index (χ3v) is 5.93. The van der Waals surface area contributed by atoms with Crippen molar-refractivity contribution in [2.45, 2.75) is 43.8 Å². The van der Waals surface area contributed by atoms with E-state index >= 15 is 0 Å². The molecule has 0 radical (unpaired) electrons. The first kappa shape index (κ1) is 14.0. The molecular weight excluding hydrogens is 276 g/mol. The van der Waals surface area contributed by atoms with Crippen LogP contribution in [0, 0.1) is 11.8 Å². The van der Waals surface area contributed by atoms with E-state index in [1.807, 2.05) is 6.92 Å². The van der Waals surface area contributed by atoms with Crippen LogP contribution in [0.15, 0.2) is 17.6 Å². The second-order valence-corrected chi connectivity index (χ2v) is 7.39. The van der Waals surface area contributed by atoms with Gasteiger partial charge in [0.05, 0.1) is 12.5 Å². The quantitative estimate of drug-likeness (QED) is 0.833. The van der Waals surface area contributed by atoms with Gasteiger partial charge in [-0.05, 0) is 51.1 Å². The van der Waals surface area contributed by atoms with Gasteiger partial charge in [0.1, 0.15) is 0 Å². The lowest BCUT2D eigenvalue weighted by molar-refractivity contribution is 0.330. The number of aromatic nitrogens is 2. The number of piperidine rings is 1. The van der Waals surface area contributed by atoms with Crippen molar-refractivity contribution in [1.82, 2.24) is 19.6 Å². The van der Waals surface area contributed by atoms with E-state index in [-0.39, 0.29) is 11.1 Å². The third kappa shape index (κ3) is 2.75. The second-order valence-electron chi connectivity index (χ2n) is 5.73. The van der Waals surface area contributed by atoms with Gasteiger partial charge in [-0.25, -0.2) is 18.1 Å². The molecule has 0 spiro atoms. The van der Waals surface area contributed by atoms with Crippen LogP contribution in [0.4, 0.5) is 0 Å². The molecule has 0 bridgehead atoms. The topological polar surface area (TPSA) is 76.0 Å². The van der Waals surface area contributed by atoms with Crippen molar-refractivity contribution < 1.29 is 8.42 Å². The van der Waals surface area contributed by atoms with Crippen LogP contribution in [0.3, 0.4) is 0 Å². The minimum atomic E-state index is -3.43. The zero-order chi connectivity index (χ0) is 14.2. The molecule has 2 heterocycles. The molecule has 6 nitrogen and oxygen atoms in total. The van der Waals surface area contributed by atoms with Crippen LogP contribution >= 0.6 is 0 Å². The molecule has 0 unspecified atom stereocenters. The zero-order valence-corrected chi connectivity index (χ0v) is 12.6. The van der Waals surface area contributed by atoms with Gasteiger partial charge in [0.2, 0.25) is 0 Å². The molecule has 0 aromatic carbocycles. The van der Waals surface area contributed by atoms with Crippen molar-refractivity contribution >= 4 is 10.0 Å². The van der Waals surface area contributed by atoms with Gasteiger partial charge in [-0.1, -0.05) is 0 Å². The Morgan fingerprint density at radius 2 is 2.20 bits per heavy atom. The number of hydrogen-bond donors (Lipinski definition) is 2. The van der Waals surface area contributed by atoms with Gasteiger partial charge >= 0.3 is 0 Å². The number of nitrogens with zero attached hydrogens (tertiary/aromatic N) is 2. The van der Waals surface area contributed by atoms with E-state index in [9.17, 15) is 8.42 Å². The summed E-state index contributed by atoms with van der Waals surface area (Å²) in [5, 5.41) is 3.62. The average molecular weight is 298 g/mol. The van der Waals surface area contributed by atoms with Gasteiger partial charge in [-0.15, -0.1) is 0 Å². The first-order valence-electron chi connectivity index (χ1n) is 7.35. The van der Waals surface area contributed by atoms with Crippen LogP contribution in [0.25, 0.3) is 0 Å². The minimum absolute atomic E-state index is 0.114. The highest BCUT2D eigenvalue weighted by molar-refractivity contribution is 7.89. The molecule has 0 amide bonds. The van der Waals surface area contributed by atoms with E-state index < -0.39 is 10.0 Å². The van der Waals surface area contributed by atoms with Crippen molar-refractivity contribution in [2.75, 3.05) is 13.1 Å². The van der Waals surface area contributed by atoms with Crippen molar-refractivity contribution in [2.24, 2.45) is 11.8 Å². The van der Waals surface area contributed by atoms with Crippen molar-refractivity contribution in [3.8, 4) is 0 Å². The van der Waals surface area contributed by atoms with Gasteiger partial charge in [0, 0.05) is 12.6 Å². The number of nitrogens with one attached hydrogen (secondary N) is 2. The van der Waals surface area contributed by atoms with Gasteiger partial charge in [-0.2, -0.15) is 0 Å². The van der Waals surface area contributed by atoms with Crippen molar-refractivity contribution in [3.63, 3.8) is 0 Å². The van der Waals surface area contributed by atoms with E-state index in [2.05, 4.69) is 15.0 Å². The summed E-state index contributed by atoms with van der Waals surface area (Å²) in [6.07, 6.45) is 6.29. The molecule has 7 heteroatoms. The molecule has 1 saturated heterocycles. The maximum atomic E-state index is 12.4. The molecular formula is C13H22N4O2S. The Morgan fingerprint density at radius 3 is 2.90 bits per heavy atom. The lowest BCUT2D eigenvalue weighted by atomic mass is 9.93. The molecule has 112 valence electrons. The Hall–Kier alpha value is -0.920. The first-order chi connectivity index (χ1) is 9.62. The van der Waals surface area contributed by atoms with Gasteiger partial charge in [-0.3, -0.25) is 0 Å². The number of imidazole rings is 1. The molecule has 1 aliphatic heterocycles. The summed E-state index contributed by atoms with van der Waals surface area (Å²) < 4.78 is 29.2. The normalized spacial score (nSPS) is 27.6. The Bertz CT molecular complexity index is 563. The number of rotatable bonds is 5. The number of sulfonamides is 1. The fourth-order valence-electron chi connectivity index (χ4n) is 3.17. The molecule has 1 aromatic heterocycles. The number of hydrogen-bond acceptors (Lipinski definition) is 4. The Balaban J connectivity index is 1.64. The van der Waals surface area contributed by atoms with Gasteiger partial charge < -0.3 is 9.88 Å². The van der Waals surface area contributed by atoms with E-state index in [0.717, 1.165) is 32.4 Å². The molecule has 2 N–H and O–H groups in total. The summed E-state index contributed by atoms with van der Waals surface area (Å²) in [4.78, 5) is 3.93. The molecule has 3 rings (SSSR count). The Morgan fingerprint density at radius 1 is 1.45 bits per heavy atom. The van der Waals surface area contributed by atoms with E-state index in [0.29, 0.717) is 18.4 Å². The Kier molecular flexibility index (Phi) is 3.83. The summed E-state index contributed by atoms with van der Waals surface area (Å²) >= 11 is 0. The summed E-state index contributed by atoms with van der Waals surface area (Å²) in [6.45, 7) is 4.64. The standard InChI is InChI=1S/C13H22N4O2S/c1-2-17-9-15-8-13(17)20(18,19)16-12-7-11(12)10-3-5-14-6-4-10/h8-12,14,16H,2-7H2,1H3/t11-,12+/m0/s1. The summed E-state index contributed by atoms with van der Waals surface area (Å²) in [5.41, 5.74) is 0. The smallest absolute Gasteiger partial charge is 0.258 e. The molecule has 2 fully saturated rings. The molecule has 20 heavy (non-hydrogen) atoms. The molecule has 2 atom stereocenters. The molecule has 2 aliphatic rings. The largest absolute Gasteiger partial charge is 0.321 e. The zero-order valence-electron chi connectivity index (χ0n) is 11.7. The molecule has 1 saturated carbocycles. The molecule has 1 aliphatic carbocycles. The average Bonchev–Trinajstić information content (AvgIpc) is 3.02. The van der Waals surface area contributed by atoms with Gasteiger partial charge in [0.15, 0.2) is 5.03 Å². The number of aryl methyl sites for hydroxylation is 1. The maximum absolute atomic E-state index is 12.4. The van der Waals surface area contributed by atoms with Crippen LogP contribution in [-0.2, 0) is 16.6 Å². The van der Waals surface area contributed by atoms with Gasteiger partial charge in [0.25, 0.3) is 10.0 Å². The minimum Gasteiger partial charge on any atom is -0.321 e. The SMILES string of the molecule is CCn1cncc1S(=O)(=O)N[C@@H]1C[C@H]1C1CCNCC1. The lowest BCUT2D eigenvalue weighted by Crippen LogP contribution is -2.33. The maximum Gasteiger partial charge on any atom is 0.258 e. The van der Waals surface area contributed by atoms with Crippen molar-refractivity contribution in [3.05, 3.63) is 12.5 Å². The third-order valence-electron chi connectivity index (χ3n) is 4.43. The van der Waals surface area contributed by atoms with Crippen LogP contribution in [0.1, 0.15) is 26.2 Å². The molecule has 1 aromatic rings. The lowest BCUT2D eigenvalue weighted by Gasteiger charge is -2.22. The summed E-state index contributed by atoms with van der Waals surface area (Å²) in [5.74, 6) is 1.19. The van der Waals surface area contributed by atoms with Crippen LogP contribution in [-0.4, -0.2) is 37.1 Å². The second kappa shape index (κ2) is 5.46. The monoisotopic (exact) mass is 298 g/mol. The van der Waals surface area contributed by atoms with E-state index in [1.165, 1.54) is 6.20 Å². The van der Waals surface area contributed by atoms with E-state index in [4.69, 9.17) is 0 Å². The van der Waals surface area contributed by atoms with E-state index in [1.54, 1.807) is 10.9 Å². The van der Waals surface area contributed by atoms with Crippen molar-refractivity contribution in [1.29, 1.82) is 0 Å². The fraction of sp³-hybridized carbons (Fsp3) is 0.769. The van der Waals surface area contributed by atoms with Crippen LogP contribution < -0.4 is 10.0 Å².